The summed E-state index contributed by atoms with van der Waals surface area (Å²) in [5.41, 5.74) is 4.49. The van der Waals surface area contributed by atoms with Gasteiger partial charge in [0, 0.05) is 30.2 Å². The first-order valence-electron chi connectivity index (χ1n) is 9.87. The van der Waals surface area contributed by atoms with Crippen LogP contribution < -0.4 is 15.5 Å². The lowest BCUT2D eigenvalue weighted by Crippen LogP contribution is -2.17. The molecule has 4 rings (SSSR count). The van der Waals surface area contributed by atoms with Gasteiger partial charge in [0.15, 0.2) is 5.82 Å². The van der Waals surface area contributed by atoms with Crippen molar-refractivity contribution in [3.05, 3.63) is 60.3 Å². The highest BCUT2D eigenvalue weighted by Gasteiger charge is 2.12. The van der Waals surface area contributed by atoms with Gasteiger partial charge in [-0.05, 0) is 54.7 Å². The minimum Gasteiger partial charge on any atom is -0.372 e. The van der Waals surface area contributed by atoms with Gasteiger partial charge in [-0.2, -0.15) is 10.1 Å². The Hall–Kier alpha value is -3.15. The Morgan fingerprint density at radius 1 is 0.929 bits per heavy atom. The summed E-state index contributed by atoms with van der Waals surface area (Å²) >= 11 is 0. The zero-order valence-electron chi connectivity index (χ0n) is 16.4. The molecule has 0 unspecified atom stereocenters. The second kappa shape index (κ2) is 8.25. The smallest absolute Gasteiger partial charge is 0.249 e. The van der Waals surface area contributed by atoms with E-state index in [0.29, 0.717) is 17.7 Å². The van der Waals surface area contributed by atoms with Gasteiger partial charge in [0.05, 0.1) is 6.20 Å². The van der Waals surface area contributed by atoms with Crippen LogP contribution in [0.3, 0.4) is 0 Å². The van der Waals surface area contributed by atoms with E-state index < -0.39 is 0 Å². The number of aromatic nitrogens is 3. The summed E-state index contributed by atoms with van der Waals surface area (Å²) in [5.74, 6) is 1.55. The van der Waals surface area contributed by atoms with Gasteiger partial charge in [0.25, 0.3) is 0 Å². The summed E-state index contributed by atoms with van der Waals surface area (Å²) < 4.78 is 0. The highest BCUT2D eigenvalue weighted by molar-refractivity contribution is 5.63. The molecule has 6 nitrogen and oxygen atoms in total. The van der Waals surface area contributed by atoms with E-state index >= 15 is 0 Å². The quantitative estimate of drug-likeness (QED) is 0.627. The monoisotopic (exact) mass is 374 g/mol. The van der Waals surface area contributed by atoms with E-state index in [-0.39, 0.29) is 0 Å². The first-order chi connectivity index (χ1) is 13.7. The average molecular weight is 374 g/mol. The van der Waals surface area contributed by atoms with Gasteiger partial charge >= 0.3 is 0 Å². The Labute approximate surface area is 166 Å². The van der Waals surface area contributed by atoms with Crippen molar-refractivity contribution in [1.82, 2.24) is 15.2 Å². The first kappa shape index (κ1) is 18.2. The minimum atomic E-state index is 0.409. The van der Waals surface area contributed by atoms with E-state index in [1.54, 1.807) is 6.20 Å². The molecule has 0 saturated carbocycles. The number of benzene rings is 2. The maximum Gasteiger partial charge on any atom is 0.249 e. The summed E-state index contributed by atoms with van der Waals surface area (Å²) in [6, 6.07) is 16.7. The Morgan fingerprint density at radius 3 is 2.43 bits per heavy atom. The molecule has 1 aliphatic rings. The van der Waals surface area contributed by atoms with Crippen LogP contribution in [-0.2, 0) is 0 Å². The summed E-state index contributed by atoms with van der Waals surface area (Å²) in [5, 5.41) is 14.8. The van der Waals surface area contributed by atoms with Gasteiger partial charge < -0.3 is 15.5 Å². The van der Waals surface area contributed by atoms with Crippen molar-refractivity contribution in [3.8, 4) is 0 Å². The zero-order valence-corrected chi connectivity index (χ0v) is 16.4. The van der Waals surface area contributed by atoms with Crippen LogP contribution in [0.15, 0.2) is 54.7 Å². The molecule has 3 aromatic rings. The molecule has 1 aliphatic heterocycles. The van der Waals surface area contributed by atoms with E-state index in [0.717, 1.165) is 24.5 Å². The lowest BCUT2D eigenvalue weighted by Gasteiger charge is -2.18. The molecule has 1 saturated heterocycles. The number of hydrogen-bond donors (Lipinski definition) is 2. The van der Waals surface area contributed by atoms with Crippen LogP contribution in [-0.4, -0.2) is 28.3 Å². The van der Waals surface area contributed by atoms with E-state index in [1.165, 1.54) is 24.1 Å². The number of nitrogens with one attached hydrogen (secondary N) is 2. The maximum atomic E-state index is 4.56. The van der Waals surface area contributed by atoms with E-state index in [9.17, 15) is 0 Å². The van der Waals surface area contributed by atoms with Crippen LogP contribution in [0.4, 0.5) is 28.8 Å². The van der Waals surface area contributed by atoms with Crippen LogP contribution >= 0.6 is 0 Å². The van der Waals surface area contributed by atoms with Crippen LogP contribution in [0.1, 0.15) is 38.2 Å². The molecule has 1 aromatic heterocycles. The molecule has 0 aliphatic carbocycles. The third-order valence-electron chi connectivity index (χ3n) is 5.00. The fourth-order valence-electron chi connectivity index (χ4n) is 3.53. The van der Waals surface area contributed by atoms with Crippen LogP contribution in [0.25, 0.3) is 0 Å². The van der Waals surface area contributed by atoms with Gasteiger partial charge in [0.2, 0.25) is 5.95 Å². The molecule has 2 N–H and O–H groups in total. The van der Waals surface area contributed by atoms with E-state index in [2.05, 4.69) is 74.9 Å². The molecule has 1 fully saturated rings. The molecular weight excluding hydrogens is 348 g/mol. The summed E-state index contributed by atoms with van der Waals surface area (Å²) in [7, 11) is 0. The minimum absolute atomic E-state index is 0.409. The highest BCUT2D eigenvalue weighted by atomic mass is 15.3. The van der Waals surface area contributed by atoms with E-state index in [4.69, 9.17) is 0 Å². The molecule has 0 amide bonds. The third kappa shape index (κ3) is 4.22. The Bertz CT molecular complexity index is 916. The summed E-state index contributed by atoms with van der Waals surface area (Å²) in [6.07, 6.45) is 4.19. The van der Waals surface area contributed by atoms with Gasteiger partial charge in [-0.25, -0.2) is 0 Å². The molecule has 0 bridgehead atoms. The van der Waals surface area contributed by atoms with Crippen molar-refractivity contribution in [3.63, 3.8) is 0 Å². The lowest BCUT2D eigenvalue weighted by molar-refractivity contribution is 0.867. The van der Waals surface area contributed by atoms with Gasteiger partial charge in [-0.15, -0.1) is 5.10 Å². The Balaban J connectivity index is 1.47. The SMILES string of the molecule is CC(C)c1ccccc1Nc1nncc(Nc2ccc(N3CCCC3)cc2)n1. The third-order valence-corrected chi connectivity index (χ3v) is 5.00. The Kier molecular flexibility index (Phi) is 5.37. The Morgan fingerprint density at radius 2 is 1.68 bits per heavy atom. The number of para-hydroxylation sites is 1. The fraction of sp³-hybridized carbons (Fsp3) is 0.318. The van der Waals surface area contributed by atoms with Gasteiger partial charge in [-0.3, -0.25) is 0 Å². The van der Waals surface area contributed by atoms with Crippen LogP contribution in [0.2, 0.25) is 0 Å². The lowest BCUT2D eigenvalue weighted by atomic mass is 10.0. The largest absolute Gasteiger partial charge is 0.372 e. The summed E-state index contributed by atoms with van der Waals surface area (Å²) in [6.45, 7) is 6.64. The molecule has 0 radical (unpaired) electrons. The van der Waals surface area contributed by atoms with Crippen molar-refractivity contribution in [2.45, 2.75) is 32.6 Å². The molecule has 28 heavy (non-hydrogen) atoms. The van der Waals surface area contributed by atoms with Crippen molar-refractivity contribution in [2.24, 2.45) is 0 Å². The summed E-state index contributed by atoms with van der Waals surface area (Å²) in [4.78, 5) is 6.98. The van der Waals surface area contributed by atoms with E-state index in [1.807, 2.05) is 18.2 Å². The second-order valence-corrected chi connectivity index (χ2v) is 7.40. The molecule has 0 spiro atoms. The normalized spacial score (nSPS) is 13.8. The number of anilines is 5. The predicted molar refractivity (Wildman–Crippen MR) is 115 cm³/mol. The van der Waals surface area contributed by atoms with Gasteiger partial charge in [0.1, 0.15) is 0 Å². The van der Waals surface area contributed by atoms with Crippen LogP contribution in [0.5, 0.6) is 0 Å². The van der Waals surface area contributed by atoms with Crippen LogP contribution in [0, 0.1) is 0 Å². The molecule has 2 aromatic carbocycles. The number of nitrogens with zero attached hydrogens (tertiary/aromatic N) is 4. The number of rotatable bonds is 6. The zero-order chi connectivity index (χ0) is 19.3. The first-order valence-corrected chi connectivity index (χ1v) is 9.87. The van der Waals surface area contributed by atoms with Crippen molar-refractivity contribution >= 4 is 28.8 Å². The van der Waals surface area contributed by atoms with Gasteiger partial charge in [-0.1, -0.05) is 32.0 Å². The molecule has 144 valence electrons. The van der Waals surface area contributed by atoms with Crippen molar-refractivity contribution in [2.75, 3.05) is 28.6 Å². The standard InChI is InChI=1S/C22H26N6/c1-16(2)19-7-3-4-8-20(19)25-22-26-21(15-23-27-22)24-17-9-11-18(12-10-17)28-13-5-6-14-28/h3-4,7-12,15-16H,5-6,13-14H2,1-2H3,(H2,24,25,26,27). The number of hydrogen-bond acceptors (Lipinski definition) is 6. The molecular formula is C22H26N6. The van der Waals surface area contributed by atoms with Crippen molar-refractivity contribution < 1.29 is 0 Å². The fourth-order valence-corrected chi connectivity index (χ4v) is 3.53. The predicted octanol–water partition coefficient (Wildman–Crippen LogP) is 5.08. The topological polar surface area (TPSA) is 66.0 Å². The molecule has 0 atom stereocenters. The highest BCUT2D eigenvalue weighted by Crippen LogP contribution is 2.26. The maximum absolute atomic E-state index is 4.56. The molecule has 6 heteroatoms. The molecule has 2 heterocycles. The van der Waals surface area contributed by atoms with Crippen molar-refractivity contribution in [1.29, 1.82) is 0 Å². The second-order valence-electron chi connectivity index (χ2n) is 7.40. The average Bonchev–Trinajstić information content (AvgIpc) is 3.24.